The number of hydrogen-bond acceptors (Lipinski definition) is 4. The van der Waals surface area contributed by atoms with E-state index in [1.165, 1.54) is 30.6 Å². The summed E-state index contributed by atoms with van der Waals surface area (Å²) in [7, 11) is 0. The van der Waals surface area contributed by atoms with Crippen LogP contribution in [0.5, 0.6) is 0 Å². The number of piperazine rings is 1. The molecule has 1 aliphatic heterocycles. The Kier molecular flexibility index (Phi) is 5.36. The molecule has 0 spiro atoms. The van der Waals surface area contributed by atoms with Crippen LogP contribution in [0.1, 0.15) is 47.3 Å². The average Bonchev–Trinajstić information content (AvgIpc) is 3.11. The van der Waals surface area contributed by atoms with Gasteiger partial charge in [-0.15, -0.1) is 11.3 Å². The lowest BCUT2D eigenvalue weighted by molar-refractivity contribution is 0.0667. The average molecular weight is 346 g/mol. The van der Waals surface area contributed by atoms with Gasteiger partial charge in [0.25, 0.3) is 5.91 Å². The first-order valence-corrected chi connectivity index (χ1v) is 9.39. The third-order valence-corrected chi connectivity index (χ3v) is 5.67. The standard InChI is InChI=1S/C17H22N4O2S/c18-12-13-6-11-24-15(13)16(22)20-7-9-21(10-8-20)17(23)19-14-4-2-1-3-5-14/h6,11,14H,1-5,7-10H2,(H,19,23). The van der Waals surface area contributed by atoms with Gasteiger partial charge in [0, 0.05) is 32.2 Å². The van der Waals surface area contributed by atoms with Gasteiger partial charge in [-0.1, -0.05) is 19.3 Å². The summed E-state index contributed by atoms with van der Waals surface area (Å²) in [5.74, 6) is -0.103. The highest BCUT2D eigenvalue weighted by atomic mass is 32.1. The minimum atomic E-state index is -0.103. The summed E-state index contributed by atoms with van der Waals surface area (Å²) >= 11 is 1.30. The number of carbonyl (C=O) groups excluding carboxylic acids is 2. The van der Waals surface area contributed by atoms with Gasteiger partial charge >= 0.3 is 6.03 Å². The summed E-state index contributed by atoms with van der Waals surface area (Å²) in [6.45, 7) is 2.11. The van der Waals surface area contributed by atoms with Gasteiger partial charge in [-0.3, -0.25) is 4.79 Å². The maximum absolute atomic E-state index is 12.5. The zero-order valence-electron chi connectivity index (χ0n) is 13.7. The second-order valence-corrected chi connectivity index (χ2v) is 7.25. The molecule has 2 fully saturated rings. The maximum atomic E-state index is 12.5. The minimum Gasteiger partial charge on any atom is -0.335 e. The smallest absolute Gasteiger partial charge is 0.317 e. The van der Waals surface area contributed by atoms with Crippen LogP contribution in [0.3, 0.4) is 0 Å². The number of nitriles is 1. The van der Waals surface area contributed by atoms with Crippen LogP contribution in [0, 0.1) is 11.3 Å². The van der Waals surface area contributed by atoms with Crippen molar-refractivity contribution in [1.29, 1.82) is 5.26 Å². The molecule has 0 bridgehead atoms. The highest BCUT2D eigenvalue weighted by molar-refractivity contribution is 7.12. The van der Waals surface area contributed by atoms with Crippen molar-refractivity contribution < 1.29 is 9.59 Å². The predicted molar refractivity (Wildman–Crippen MR) is 91.9 cm³/mol. The fourth-order valence-electron chi connectivity index (χ4n) is 3.33. The van der Waals surface area contributed by atoms with Gasteiger partial charge in [-0.2, -0.15) is 5.26 Å². The molecule has 2 heterocycles. The predicted octanol–water partition coefficient (Wildman–Crippen LogP) is 2.42. The number of thiophene rings is 1. The summed E-state index contributed by atoms with van der Waals surface area (Å²) in [5, 5.41) is 13.9. The van der Waals surface area contributed by atoms with Gasteiger partial charge in [0.1, 0.15) is 10.9 Å². The van der Waals surface area contributed by atoms with Gasteiger partial charge in [0.2, 0.25) is 0 Å². The molecule has 0 aromatic carbocycles. The number of carbonyl (C=O) groups is 2. The second-order valence-electron chi connectivity index (χ2n) is 6.34. The largest absolute Gasteiger partial charge is 0.335 e. The quantitative estimate of drug-likeness (QED) is 0.893. The Morgan fingerprint density at radius 1 is 1.12 bits per heavy atom. The monoisotopic (exact) mass is 346 g/mol. The lowest BCUT2D eigenvalue weighted by Gasteiger charge is -2.35. The topological polar surface area (TPSA) is 76.4 Å². The summed E-state index contributed by atoms with van der Waals surface area (Å²) < 4.78 is 0. The maximum Gasteiger partial charge on any atom is 0.317 e. The number of hydrogen-bond donors (Lipinski definition) is 1. The van der Waals surface area contributed by atoms with E-state index in [2.05, 4.69) is 11.4 Å². The van der Waals surface area contributed by atoms with Crippen molar-refractivity contribution in [2.24, 2.45) is 0 Å². The molecule has 1 aliphatic carbocycles. The molecule has 1 aromatic heterocycles. The summed E-state index contributed by atoms with van der Waals surface area (Å²) in [6, 6.07) is 4.02. The molecule has 2 aliphatic rings. The minimum absolute atomic E-state index is 0.0113. The fourth-order valence-corrected chi connectivity index (χ4v) is 4.14. The molecule has 6 nitrogen and oxygen atoms in total. The van der Waals surface area contributed by atoms with Gasteiger partial charge in [0.05, 0.1) is 5.56 Å². The molecule has 128 valence electrons. The van der Waals surface area contributed by atoms with Crippen molar-refractivity contribution in [2.75, 3.05) is 26.2 Å². The lowest BCUT2D eigenvalue weighted by Crippen LogP contribution is -2.54. The van der Waals surface area contributed by atoms with Crippen molar-refractivity contribution in [1.82, 2.24) is 15.1 Å². The van der Waals surface area contributed by atoms with Crippen LogP contribution >= 0.6 is 11.3 Å². The Balaban J connectivity index is 1.51. The van der Waals surface area contributed by atoms with Crippen LogP contribution in [-0.2, 0) is 0 Å². The molecule has 7 heteroatoms. The molecule has 1 saturated heterocycles. The zero-order valence-corrected chi connectivity index (χ0v) is 14.5. The Bertz CT molecular complexity index is 637. The van der Waals surface area contributed by atoms with Crippen molar-refractivity contribution in [3.63, 3.8) is 0 Å². The van der Waals surface area contributed by atoms with E-state index in [1.807, 2.05) is 0 Å². The van der Waals surface area contributed by atoms with Crippen LogP contribution in [-0.4, -0.2) is 54.0 Å². The molecular weight excluding hydrogens is 324 g/mol. The van der Waals surface area contributed by atoms with Crippen LogP contribution in [0.25, 0.3) is 0 Å². The van der Waals surface area contributed by atoms with E-state index >= 15 is 0 Å². The molecular formula is C17H22N4O2S. The summed E-state index contributed by atoms with van der Waals surface area (Å²) in [4.78, 5) is 28.9. The Morgan fingerprint density at radius 2 is 1.79 bits per heavy atom. The third-order valence-electron chi connectivity index (χ3n) is 4.77. The number of rotatable bonds is 2. The van der Waals surface area contributed by atoms with Gasteiger partial charge < -0.3 is 15.1 Å². The number of amides is 3. The van der Waals surface area contributed by atoms with Crippen molar-refractivity contribution in [3.05, 3.63) is 21.9 Å². The fraction of sp³-hybridized carbons (Fsp3) is 0.588. The SMILES string of the molecule is N#Cc1ccsc1C(=O)N1CCN(C(=O)NC2CCCCC2)CC1. The molecule has 0 radical (unpaired) electrons. The van der Waals surface area contributed by atoms with Gasteiger partial charge in [-0.25, -0.2) is 4.79 Å². The van der Waals surface area contributed by atoms with E-state index in [-0.39, 0.29) is 11.9 Å². The van der Waals surface area contributed by atoms with Crippen LogP contribution in [0.2, 0.25) is 0 Å². The lowest BCUT2D eigenvalue weighted by atomic mass is 9.96. The molecule has 3 rings (SSSR count). The Hall–Kier alpha value is -2.07. The first kappa shape index (κ1) is 16.8. The van der Waals surface area contributed by atoms with Gasteiger partial charge in [0.15, 0.2) is 0 Å². The van der Waals surface area contributed by atoms with Gasteiger partial charge in [-0.05, 0) is 24.3 Å². The summed E-state index contributed by atoms with van der Waals surface area (Å²) in [5.41, 5.74) is 0.433. The van der Waals surface area contributed by atoms with Crippen molar-refractivity contribution >= 4 is 23.3 Å². The van der Waals surface area contributed by atoms with Crippen molar-refractivity contribution in [3.8, 4) is 6.07 Å². The van der Waals surface area contributed by atoms with Crippen molar-refractivity contribution in [2.45, 2.75) is 38.1 Å². The molecule has 1 N–H and O–H groups in total. The molecule has 1 aromatic rings. The first-order chi connectivity index (χ1) is 11.7. The van der Waals surface area contributed by atoms with Crippen LogP contribution in [0.15, 0.2) is 11.4 Å². The molecule has 1 saturated carbocycles. The first-order valence-electron chi connectivity index (χ1n) is 8.51. The van der Waals surface area contributed by atoms with Crippen LogP contribution < -0.4 is 5.32 Å². The Morgan fingerprint density at radius 3 is 2.46 bits per heavy atom. The highest BCUT2D eigenvalue weighted by Gasteiger charge is 2.27. The highest BCUT2D eigenvalue weighted by Crippen LogP contribution is 2.20. The van der Waals surface area contributed by atoms with E-state index in [9.17, 15) is 9.59 Å². The normalized spacial score (nSPS) is 19.0. The van der Waals surface area contributed by atoms with E-state index in [1.54, 1.807) is 21.2 Å². The molecule has 0 atom stereocenters. The van der Waals surface area contributed by atoms with E-state index in [0.717, 1.165) is 12.8 Å². The third kappa shape index (κ3) is 3.70. The van der Waals surface area contributed by atoms with Crippen LogP contribution in [0.4, 0.5) is 4.79 Å². The van der Waals surface area contributed by atoms with E-state index in [4.69, 9.17) is 5.26 Å². The molecule has 24 heavy (non-hydrogen) atoms. The second kappa shape index (κ2) is 7.67. The van der Waals surface area contributed by atoms with E-state index in [0.29, 0.717) is 42.7 Å². The number of nitrogens with zero attached hydrogens (tertiary/aromatic N) is 3. The number of nitrogens with one attached hydrogen (secondary N) is 1. The molecule has 0 unspecified atom stereocenters. The number of urea groups is 1. The molecule has 3 amide bonds. The summed E-state index contributed by atoms with van der Waals surface area (Å²) in [6.07, 6.45) is 5.78. The Labute approximate surface area is 146 Å². The van der Waals surface area contributed by atoms with E-state index < -0.39 is 0 Å². The zero-order chi connectivity index (χ0) is 16.9.